The summed E-state index contributed by atoms with van der Waals surface area (Å²) in [5, 5.41) is 10.3. The largest absolute Gasteiger partial charge is 0.386 e. The van der Waals surface area contributed by atoms with Crippen LogP contribution in [-0.4, -0.2) is 16.5 Å². The second-order valence-electron chi connectivity index (χ2n) is 8.83. The average molecular weight is 400 g/mol. The summed E-state index contributed by atoms with van der Waals surface area (Å²) in [6.07, 6.45) is 3.90. The van der Waals surface area contributed by atoms with Crippen molar-refractivity contribution in [1.29, 1.82) is 0 Å². The average Bonchev–Trinajstić information content (AvgIpc) is 2.72. The molecule has 4 rings (SSSR count). The van der Waals surface area contributed by atoms with Crippen molar-refractivity contribution in [2.45, 2.75) is 33.6 Å². The van der Waals surface area contributed by atoms with E-state index in [1.165, 1.54) is 22.5 Å². The second kappa shape index (κ2) is 8.57. The number of rotatable bonds is 7. The third-order valence-corrected chi connectivity index (χ3v) is 5.00. The molecule has 5 heteroatoms. The van der Waals surface area contributed by atoms with E-state index in [1.807, 2.05) is 12.1 Å². The summed E-state index contributed by atoms with van der Waals surface area (Å²) in [5.41, 5.74) is 6.11. The smallest absolute Gasteiger partial charge is 0.229 e. The zero-order chi connectivity index (χ0) is 21.0. The van der Waals surface area contributed by atoms with Crippen molar-refractivity contribution in [3.8, 4) is 11.1 Å². The van der Waals surface area contributed by atoms with Crippen LogP contribution in [0.2, 0.25) is 0 Å². The van der Waals surface area contributed by atoms with E-state index in [4.69, 9.17) is 0 Å². The molecule has 0 bridgehead atoms. The van der Waals surface area contributed by atoms with E-state index >= 15 is 0 Å². The Hall–Kier alpha value is -3.34. The van der Waals surface area contributed by atoms with Gasteiger partial charge in [-0.25, -0.2) is 4.98 Å². The second-order valence-corrected chi connectivity index (χ2v) is 8.83. The van der Waals surface area contributed by atoms with Gasteiger partial charge in [-0.05, 0) is 47.6 Å². The van der Waals surface area contributed by atoms with Gasteiger partial charge >= 0.3 is 0 Å². The molecule has 1 heterocycles. The molecular weight excluding hydrogens is 370 g/mol. The van der Waals surface area contributed by atoms with Gasteiger partial charge in [0.2, 0.25) is 5.95 Å². The molecule has 0 fully saturated rings. The summed E-state index contributed by atoms with van der Waals surface area (Å²) in [6, 6.07) is 20.6. The van der Waals surface area contributed by atoms with Crippen molar-refractivity contribution < 1.29 is 0 Å². The number of nitrogens with zero attached hydrogens (tertiary/aromatic N) is 2. The van der Waals surface area contributed by atoms with Gasteiger partial charge in [0, 0.05) is 29.8 Å². The molecule has 0 unspecified atom stereocenters. The fourth-order valence-corrected chi connectivity index (χ4v) is 3.23. The molecular formula is C25H29N5. The van der Waals surface area contributed by atoms with Crippen molar-refractivity contribution >= 4 is 17.5 Å². The van der Waals surface area contributed by atoms with Gasteiger partial charge in [-0.3, -0.25) is 0 Å². The molecule has 0 saturated heterocycles. The minimum absolute atomic E-state index is 0.260. The highest BCUT2D eigenvalue weighted by atomic mass is 15.1. The molecule has 2 aromatic carbocycles. The van der Waals surface area contributed by atoms with Crippen LogP contribution in [0.1, 0.15) is 33.6 Å². The first-order valence-corrected chi connectivity index (χ1v) is 10.4. The number of anilines is 3. The molecule has 0 spiro atoms. The van der Waals surface area contributed by atoms with Gasteiger partial charge in [-0.15, -0.1) is 0 Å². The Labute approximate surface area is 178 Å². The van der Waals surface area contributed by atoms with Crippen LogP contribution in [0.15, 0.2) is 78.3 Å². The zero-order valence-corrected chi connectivity index (χ0v) is 17.9. The van der Waals surface area contributed by atoms with E-state index < -0.39 is 0 Å². The monoisotopic (exact) mass is 399 g/mol. The lowest BCUT2D eigenvalue weighted by Gasteiger charge is -2.29. The van der Waals surface area contributed by atoms with Crippen LogP contribution in [0.4, 0.5) is 17.5 Å². The maximum absolute atomic E-state index is 4.62. The quantitative estimate of drug-likeness (QED) is 0.459. The molecule has 0 saturated carbocycles. The van der Waals surface area contributed by atoms with Crippen LogP contribution in [0.5, 0.6) is 0 Å². The third kappa shape index (κ3) is 5.17. The molecule has 0 amide bonds. The summed E-state index contributed by atoms with van der Waals surface area (Å²) in [5.74, 6) is 1.38. The molecule has 5 nitrogen and oxygen atoms in total. The summed E-state index contributed by atoms with van der Waals surface area (Å²) >= 11 is 0. The van der Waals surface area contributed by atoms with Crippen LogP contribution >= 0.6 is 0 Å². The van der Waals surface area contributed by atoms with Gasteiger partial charge in [0.1, 0.15) is 5.82 Å². The van der Waals surface area contributed by atoms with Crippen LogP contribution < -0.4 is 16.0 Å². The van der Waals surface area contributed by atoms with Crippen LogP contribution in [0.3, 0.4) is 0 Å². The van der Waals surface area contributed by atoms with E-state index in [0.717, 1.165) is 30.9 Å². The Kier molecular flexibility index (Phi) is 5.70. The third-order valence-electron chi connectivity index (χ3n) is 5.00. The summed E-state index contributed by atoms with van der Waals surface area (Å²) in [4.78, 5) is 8.98. The van der Waals surface area contributed by atoms with Gasteiger partial charge in [0.25, 0.3) is 0 Å². The fourth-order valence-electron chi connectivity index (χ4n) is 3.23. The highest BCUT2D eigenvalue weighted by Gasteiger charge is 2.20. The molecule has 30 heavy (non-hydrogen) atoms. The SMILES string of the molecule is CC(C)(C)CNC1=C(Nc2ccnc(Nc3ccc(-c4ccccc4)cc3)n2)CC1. The number of allylic oxidation sites excluding steroid dienone is 2. The first-order chi connectivity index (χ1) is 14.5. The van der Waals surface area contributed by atoms with E-state index in [1.54, 1.807) is 6.20 Å². The molecule has 0 aliphatic heterocycles. The maximum Gasteiger partial charge on any atom is 0.229 e. The predicted molar refractivity (Wildman–Crippen MR) is 125 cm³/mol. The molecule has 154 valence electrons. The number of hydrogen-bond donors (Lipinski definition) is 3. The number of aromatic nitrogens is 2. The van der Waals surface area contributed by atoms with Gasteiger partial charge < -0.3 is 16.0 Å². The summed E-state index contributed by atoms with van der Waals surface area (Å²) in [7, 11) is 0. The lowest BCUT2D eigenvalue weighted by atomic mass is 9.94. The summed E-state index contributed by atoms with van der Waals surface area (Å²) < 4.78 is 0. The van der Waals surface area contributed by atoms with E-state index in [2.05, 4.69) is 95.2 Å². The maximum atomic E-state index is 4.62. The molecule has 0 atom stereocenters. The van der Waals surface area contributed by atoms with Gasteiger partial charge in [0.05, 0.1) is 0 Å². The topological polar surface area (TPSA) is 61.9 Å². The van der Waals surface area contributed by atoms with Crippen LogP contribution in [0.25, 0.3) is 11.1 Å². The van der Waals surface area contributed by atoms with Crippen molar-refractivity contribution in [2.75, 3.05) is 17.2 Å². The zero-order valence-electron chi connectivity index (χ0n) is 17.9. The minimum atomic E-state index is 0.260. The van der Waals surface area contributed by atoms with Crippen molar-refractivity contribution in [3.63, 3.8) is 0 Å². The van der Waals surface area contributed by atoms with Crippen molar-refractivity contribution in [2.24, 2.45) is 5.41 Å². The van der Waals surface area contributed by atoms with E-state index in [0.29, 0.717) is 5.95 Å². The summed E-state index contributed by atoms with van der Waals surface area (Å²) in [6.45, 7) is 7.67. The molecule has 1 aromatic heterocycles. The standard InChI is InChI=1S/C25H29N5/c1-25(2,3)17-27-21-13-14-22(21)29-23-15-16-26-24(30-23)28-20-11-9-19(10-12-20)18-7-5-4-6-8-18/h4-12,15-16,27H,13-14,17H2,1-3H3,(H2,26,28,29,30). The fraction of sp³-hybridized carbons (Fsp3) is 0.280. The lowest BCUT2D eigenvalue weighted by molar-refractivity contribution is 0.389. The van der Waals surface area contributed by atoms with E-state index in [-0.39, 0.29) is 5.41 Å². The van der Waals surface area contributed by atoms with Crippen molar-refractivity contribution in [3.05, 3.63) is 78.3 Å². The number of benzene rings is 2. The predicted octanol–water partition coefficient (Wildman–Crippen LogP) is 5.94. The van der Waals surface area contributed by atoms with E-state index in [9.17, 15) is 0 Å². The molecule has 1 aliphatic rings. The Balaban J connectivity index is 1.40. The molecule has 0 radical (unpaired) electrons. The van der Waals surface area contributed by atoms with Gasteiger partial charge in [-0.1, -0.05) is 63.2 Å². The van der Waals surface area contributed by atoms with Crippen molar-refractivity contribution in [1.82, 2.24) is 15.3 Å². The van der Waals surface area contributed by atoms with Crippen LogP contribution in [0, 0.1) is 5.41 Å². The lowest BCUT2D eigenvalue weighted by Crippen LogP contribution is -2.31. The number of nitrogens with one attached hydrogen (secondary N) is 3. The molecule has 3 N–H and O–H groups in total. The Bertz CT molecular complexity index is 1020. The first kappa shape index (κ1) is 20.0. The number of hydrogen-bond acceptors (Lipinski definition) is 5. The Morgan fingerprint density at radius 3 is 2.17 bits per heavy atom. The highest BCUT2D eigenvalue weighted by Crippen LogP contribution is 2.28. The Morgan fingerprint density at radius 2 is 1.50 bits per heavy atom. The Morgan fingerprint density at radius 1 is 0.800 bits per heavy atom. The normalized spacial score (nSPS) is 13.6. The first-order valence-electron chi connectivity index (χ1n) is 10.4. The highest BCUT2D eigenvalue weighted by molar-refractivity contribution is 5.67. The van der Waals surface area contributed by atoms with Gasteiger partial charge in [-0.2, -0.15) is 4.98 Å². The molecule has 1 aliphatic carbocycles. The van der Waals surface area contributed by atoms with Gasteiger partial charge in [0.15, 0.2) is 0 Å². The van der Waals surface area contributed by atoms with Crippen LogP contribution in [-0.2, 0) is 0 Å². The molecule has 3 aromatic rings. The minimum Gasteiger partial charge on any atom is -0.386 e.